The van der Waals surface area contributed by atoms with E-state index in [1.165, 1.54) is 18.2 Å². The molecule has 2 aromatic carbocycles. The standard InChI is InChI=1S/C32H32ClFN4O5/c1-37-14-11-22(36-37)15-27(40)32(43-19-31(18-39)12-13-31)28-26(10-9-25(29(28)34)20-3-5-21(33)6-4-20)30(41)38(32)17-23-7-8-24(42-2)16-35-23/h3-11,14,16,27,39-40H,12-13,15,17-19H2,1-2H3/t27?,32-/m0/s1. The van der Waals surface area contributed by atoms with Crippen molar-refractivity contribution >= 4 is 17.5 Å². The Labute approximate surface area is 253 Å². The van der Waals surface area contributed by atoms with Crippen LogP contribution in [-0.4, -0.2) is 62.2 Å². The summed E-state index contributed by atoms with van der Waals surface area (Å²) in [5.41, 5.74) is -0.655. The van der Waals surface area contributed by atoms with Crippen LogP contribution in [0.25, 0.3) is 11.1 Å². The van der Waals surface area contributed by atoms with Gasteiger partial charge in [0.25, 0.3) is 5.91 Å². The lowest BCUT2D eigenvalue weighted by Crippen LogP contribution is -2.55. The van der Waals surface area contributed by atoms with Gasteiger partial charge in [0.2, 0.25) is 5.72 Å². The Balaban J connectivity index is 1.53. The molecule has 1 unspecified atom stereocenters. The van der Waals surface area contributed by atoms with E-state index in [0.29, 0.717) is 40.6 Å². The summed E-state index contributed by atoms with van der Waals surface area (Å²) in [6.45, 7) is -0.209. The molecule has 2 aliphatic rings. The van der Waals surface area contributed by atoms with Gasteiger partial charge in [-0.2, -0.15) is 5.10 Å². The van der Waals surface area contributed by atoms with Crippen LogP contribution in [0.4, 0.5) is 4.39 Å². The van der Waals surface area contributed by atoms with Gasteiger partial charge in [-0.15, -0.1) is 0 Å². The molecule has 43 heavy (non-hydrogen) atoms. The molecule has 0 saturated heterocycles. The normalized spacial score (nSPS) is 19.4. The lowest BCUT2D eigenvalue weighted by molar-refractivity contribution is -0.214. The third kappa shape index (κ3) is 5.29. The van der Waals surface area contributed by atoms with Crippen LogP contribution in [-0.2, 0) is 30.5 Å². The van der Waals surface area contributed by atoms with Gasteiger partial charge in [0.05, 0.1) is 55.6 Å². The highest BCUT2D eigenvalue weighted by Gasteiger charge is 2.59. The van der Waals surface area contributed by atoms with Crippen molar-refractivity contribution in [3.63, 3.8) is 0 Å². The molecule has 2 N–H and O–H groups in total. The summed E-state index contributed by atoms with van der Waals surface area (Å²) < 4.78 is 30.4. The lowest BCUT2D eigenvalue weighted by atomic mass is 9.89. The molecule has 1 aliphatic heterocycles. The average Bonchev–Trinajstić information content (AvgIpc) is 3.62. The van der Waals surface area contributed by atoms with Crippen molar-refractivity contribution in [3.8, 4) is 16.9 Å². The number of aromatic nitrogens is 3. The van der Waals surface area contributed by atoms with Crippen LogP contribution in [0.3, 0.4) is 0 Å². The van der Waals surface area contributed by atoms with Crippen LogP contribution >= 0.6 is 11.6 Å². The Kier molecular flexibility index (Phi) is 7.72. The number of methoxy groups -OCH3 is 1. The summed E-state index contributed by atoms with van der Waals surface area (Å²) in [7, 11) is 3.29. The fourth-order valence-corrected chi connectivity index (χ4v) is 5.78. The predicted molar refractivity (Wildman–Crippen MR) is 157 cm³/mol. The van der Waals surface area contributed by atoms with Gasteiger partial charge in [0, 0.05) is 35.7 Å². The van der Waals surface area contributed by atoms with E-state index in [1.54, 1.807) is 72.5 Å². The average molecular weight is 607 g/mol. The van der Waals surface area contributed by atoms with Crippen molar-refractivity contribution in [2.45, 2.75) is 37.6 Å². The number of ether oxygens (including phenoxy) is 2. The van der Waals surface area contributed by atoms with Crippen molar-refractivity contribution < 1.29 is 28.9 Å². The van der Waals surface area contributed by atoms with Crippen molar-refractivity contribution in [1.29, 1.82) is 0 Å². The number of pyridine rings is 1. The van der Waals surface area contributed by atoms with Crippen LogP contribution in [0.1, 0.15) is 40.2 Å². The van der Waals surface area contributed by atoms with E-state index >= 15 is 4.39 Å². The number of rotatable bonds is 11. The molecule has 11 heteroatoms. The quantitative estimate of drug-likeness (QED) is 0.259. The summed E-state index contributed by atoms with van der Waals surface area (Å²) in [5.74, 6) is -0.662. The van der Waals surface area contributed by atoms with Gasteiger partial charge in [-0.05, 0) is 54.8 Å². The van der Waals surface area contributed by atoms with Gasteiger partial charge in [0.1, 0.15) is 17.7 Å². The fraction of sp³-hybridized carbons (Fsp3) is 0.344. The van der Waals surface area contributed by atoms with Gasteiger partial charge in [0.15, 0.2) is 0 Å². The van der Waals surface area contributed by atoms with Crippen LogP contribution in [0.2, 0.25) is 5.02 Å². The SMILES string of the molecule is COc1ccc(CN2C(=O)c3ccc(-c4ccc(Cl)cc4)c(F)c3[C@@]2(OCC2(CO)CC2)C(O)Cc2ccn(C)n2)nc1. The van der Waals surface area contributed by atoms with E-state index in [9.17, 15) is 15.0 Å². The maximum absolute atomic E-state index is 17.0. The third-order valence-electron chi connectivity index (χ3n) is 8.40. The van der Waals surface area contributed by atoms with E-state index in [-0.39, 0.29) is 42.9 Å². The number of aliphatic hydroxyl groups is 2. The molecule has 0 bridgehead atoms. The number of hydrogen-bond donors (Lipinski definition) is 2. The second kappa shape index (κ2) is 11.3. The summed E-state index contributed by atoms with van der Waals surface area (Å²) in [5, 5.41) is 27.1. The van der Waals surface area contributed by atoms with Crippen LogP contribution in [0.15, 0.2) is 67.0 Å². The Morgan fingerprint density at radius 2 is 1.81 bits per heavy atom. The predicted octanol–water partition coefficient (Wildman–Crippen LogP) is 4.48. The minimum absolute atomic E-state index is 0.00660. The molecule has 1 amide bonds. The Bertz CT molecular complexity index is 1640. The summed E-state index contributed by atoms with van der Waals surface area (Å²) in [4.78, 5) is 20.0. The molecule has 9 nitrogen and oxygen atoms in total. The first-order valence-electron chi connectivity index (χ1n) is 14.0. The highest BCUT2D eigenvalue weighted by Crippen LogP contribution is 2.52. The first-order chi connectivity index (χ1) is 20.7. The molecule has 0 radical (unpaired) electrons. The fourth-order valence-electron chi connectivity index (χ4n) is 5.65. The number of fused-ring (bicyclic) bond motifs is 1. The molecule has 4 aromatic rings. The second-order valence-corrected chi connectivity index (χ2v) is 11.7. The van der Waals surface area contributed by atoms with E-state index in [0.717, 1.165) is 0 Å². The number of carbonyl (C=O) groups is 1. The highest BCUT2D eigenvalue weighted by atomic mass is 35.5. The van der Waals surface area contributed by atoms with Crippen molar-refractivity contribution in [3.05, 3.63) is 100 Å². The molecule has 0 spiro atoms. The van der Waals surface area contributed by atoms with Gasteiger partial charge in [-0.25, -0.2) is 4.39 Å². The number of aryl methyl sites for hydroxylation is 1. The van der Waals surface area contributed by atoms with Gasteiger partial charge in [-0.1, -0.05) is 29.8 Å². The maximum atomic E-state index is 17.0. The Morgan fingerprint density at radius 1 is 1.07 bits per heavy atom. The lowest BCUT2D eigenvalue weighted by Gasteiger charge is -2.43. The molecule has 224 valence electrons. The van der Waals surface area contributed by atoms with Crippen molar-refractivity contribution in [1.82, 2.24) is 19.7 Å². The van der Waals surface area contributed by atoms with Gasteiger partial charge >= 0.3 is 0 Å². The highest BCUT2D eigenvalue weighted by molar-refractivity contribution is 6.30. The minimum atomic E-state index is -1.96. The maximum Gasteiger partial charge on any atom is 0.257 e. The number of amides is 1. The third-order valence-corrected chi connectivity index (χ3v) is 8.65. The van der Waals surface area contributed by atoms with Crippen LogP contribution in [0, 0.1) is 11.2 Å². The molecular weight excluding hydrogens is 575 g/mol. The monoisotopic (exact) mass is 606 g/mol. The topological polar surface area (TPSA) is 110 Å². The number of benzene rings is 2. The number of carbonyl (C=O) groups excluding carboxylic acids is 1. The van der Waals surface area contributed by atoms with E-state index in [1.807, 2.05) is 0 Å². The number of nitrogens with zero attached hydrogens (tertiary/aromatic N) is 4. The molecule has 1 aliphatic carbocycles. The van der Waals surface area contributed by atoms with Crippen molar-refractivity contribution in [2.24, 2.45) is 12.5 Å². The van der Waals surface area contributed by atoms with Gasteiger partial charge < -0.3 is 19.7 Å². The molecular formula is C32H32ClFN4O5. The summed E-state index contributed by atoms with van der Waals surface area (Å²) >= 11 is 6.10. The van der Waals surface area contributed by atoms with E-state index < -0.39 is 29.0 Å². The molecule has 1 saturated carbocycles. The van der Waals surface area contributed by atoms with E-state index in [4.69, 9.17) is 21.1 Å². The Morgan fingerprint density at radius 3 is 2.42 bits per heavy atom. The summed E-state index contributed by atoms with van der Waals surface area (Å²) in [6.07, 6.45) is 3.23. The largest absolute Gasteiger partial charge is 0.495 e. The molecule has 3 heterocycles. The first kappa shape index (κ1) is 29.3. The second-order valence-electron chi connectivity index (χ2n) is 11.3. The number of aliphatic hydroxyl groups excluding tert-OH is 2. The van der Waals surface area contributed by atoms with Crippen molar-refractivity contribution in [2.75, 3.05) is 20.3 Å². The minimum Gasteiger partial charge on any atom is -0.495 e. The molecule has 2 atom stereocenters. The Hall–Kier alpha value is -3.83. The zero-order chi connectivity index (χ0) is 30.4. The smallest absolute Gasteiger partial charge is 0.257 e. The molecule has 2 aromatic heterocycles. The van der Waals surface area contributed by atoms with E-state index in [2.05, 4.69) is 10.1 Å². The van der Waals surface area contributed by atoms with Crippen LogP contribution in [0.5, 0.6) is 5.75 Å². The zero-order valence-corrected chi connectivity index (χ0v) is 24.6. The summed E-state index contributed by atoms with van der Waals surface area (Å²) in [6, 6.07) is 15.0. The van der Waals surface area contributed by atoms with Crippen LogP contribution < -0.4 is 4.74 Å². The van der Waals surface area contributed by atoms with Gasteiger partial charge in [-0.3, -0.25) is 19.4 Å². The first-order valence-corrected chi connectivity index (χ1v) is 14.4. The zero-order valence-electron chi connectivity index (χ0n) is 23.8. The number of hydrogen-bond acceptors (Lipinski definition) is 7. The molecule has 1 fully saturated rings. The number of halogens is 2. The molecule has 6 rings (SSSR count).